The van der Waals surface area contributed by atoms with Crippen LogP contribution in [0.15, 0.2) is 30.3 Å². The molecule has 1 aliphatic heterocycles. The molecule has 0 spiro atoms. The smallest absolute Gasteiger partial charge is 0.309 e. The van der Waals surface area contributed by atoms with Gasteiger partial charge in [-0.15, -0.1) is 0 Å². The van der Waals surface area contributed by atoms with Crippen LogP contribution in [0.25, 0.3) is 0 Å². The number of esters is 1. The van der Waals surface area contributed by atoms with Gasteiger partial charge in [-0.25, -0.2) is 0 Å². The SMILES string of the molecule is COc1cc([C@H]2c3cc(O)c(OC)cc3CC3C(=O)OC[C@@H]32)ccc1O. The Morgan fingerprint density at radius 1 is 1.04 bits per heavy atom. The first-order valence-corrected chi connectivity index (χ1v) is 8.46. The molecule has 1 saturated heterocycles. The third-order valence-corrected chi connectivity index (χ3v) is 5.44. The molecule has 3 atom stereocenters. The molecule has 26 heavy (non-hydrogen) atoms. The Hall–Kier alpha value is -2.89. The molecule has 6 nitrogen and oxygen atoms in total. The fourth-order valence-corrected chi connectivity index (χ4v) is 4.18. The molecular formula is C20H20O6. The van der Waals surface area contributed by atoms with Crippen LogP contribution >= 0.6 is 0 Å². The van der Waals surface area contributed by atoms with Crippen molar-refractivity contribution in [2.24, 2.45) is 11.8 Å². The van der Waals surface area contributed by atoms with E-state index in [0.29, 0.717) is 24.5 Å². The minimum atomic E-state index is -0.235. The van der Waals surface area contributed by atoms with Crippen molar-refractivity contribution in [2.75, 3.05) is 20.8 Å². The van der Waals surface area contributed by atoms with Crippen molar-refractivity contribution < 1.29 is 29.2 Å². The number of hydrogen-bond donors (Lipinski definition) is 2. The van der Waals surface area contributed by atoms with Gasteiger partial charge in [-0.1, -0.05) is 6.07 Å². The molecule has 1 fully saturated rings. The van der Waals surface area contributed by atoms with Gasteiger partial charge in [0, 0.05) is 11.8 Å². The van der Waals surface area contributed by atoms with E-state index in [9.17, 15) is 15.0 Å². The van der Waals surface area contributed by atoms with Crippen LogP contribution in [0.1, 0.15) is 22.6 Å². The van der Waals surface area contributed by atoms with Gasteiger partial charge in [-0.2, -0.15) is 0 Å². The summed E-state index contributed by atoms with van der Waals surface area (Å²) in [4.78, 5) is 12.2. The Morgan fingerprint density at radius 2 is 1.77 bits per heavy atom. The Bertz CT molecular complexity index is 875. The second kappa shape index (κ2) is 6.12. The maximum Gasteiger partial charge on any atom is 0.309 e. The summed E-state index contributed by atoms with van der Waals surface area (Å²) in [6.45, 7) is 0.337. The number of fused-ring (bicyclic) bond motifs is 2. The summed E-state index contributed by atoms with van der Waals surface area (Å²) in [5.74, 6) is 0.263. The Kier molecular flexibility index (Phi) is 3.90. The molecule has 0 saturated carbocycles. The quantitative estimate of drug-likeness (QED) is 0.823. The highest BCUT2D eigenvalue weighted by molar-refractivity contribution is 5.77. The van der Waals surface area contributed by atoms with Gasteiger partial charge in [0.1, 0.15) is 0 Å². The predicted octanol–water partition coefficient (Wildman–Crippen LogP) is 2.59. The Labute approximate surface area is 150 Å². The maximum atomic E-state index is 12.2. The highest BCUT2D eigenvalue weighted by Crippen LogP contribution is 2.50. The van der Waals surface area contributed by atoms with Crippen molar-refractivity contribution in [2.45, 2.75) is 12.3 Å². The van der Waals surface area contributed by atoms with Gasteiger partial charge in [0.05, 0.1) is 26.7 Å². The Balaban J connectivity index is 1.89. The van der Waals surface area contributed by atoms with E-state index in [1.807, 2.05) is 6.07 Å². The highest BCUT2D eigenvalue weighted by Gasteiger charge is 2.47. The number of hydrogen-bond acceptors (Lipinski definition) is 6. The average Bonchev–Trinajstić information content (AvgIpc) is 3.00. The van der Waals surface area contributed by atoms with Crippen LogP contribution in [0.3, 0.4) is 0 Å². The fraction of sp³-hybridized carbons (Fsp3) is 0.350. The molecule has 6 heteroatoms. The molecule has 1 unspecified atom stereocenters. The summed E-state index contributed by atoms with van der Waals surface area (Å²) in [6.07, 6.45) is 0.557. The second-order valence-corrected chi connectivity index (χ2v) is 6.74. The molecule has 0 aromatic heterocycles. The number of phenols is 2. The lowest BCUT2D eigenvalue weighted by Crippen LogP contribution is -2.31. The third-order valence-electron chi connectivity index (χ3n) is 5.44. The van der Waals surface area contributed by atoms with Gasteiger partial charge in [-0.05, 0) is 47.4 Å². The maximum absolute atomic E-state index is 12.2. The minimum absolute atomic E-state index is 0.0305. The second-order valence-electron chi connectivity index (χ2n) is 6.74. The topological polar surface area (TPSA) is 85.2 Å². The third kappa shape index (κ3) is 2.44. The molecule has 2 aromatic carbocycles. The number of methoxy groups -OCH3 is 2. The van der Waals surface area contributed by atoms with Crippen LogP contribution in [0.4, 0.5) is 0 Å². The van der Waals surface area contributed by atoms with E-state index in [-0.39, 0.29) is 35.2 Å². The molecular weight excluding hydrogens is 336 g/mol. The van der Waals surface area contributed by atoms with Crippen molar-refractivity contribution in [1.29, 1.82) is 0 Å². The summed E-state index contributed by atoms with van der Waals surface area (Å²) < 4.78 is 15.8. The standard InChI is InChI=1S/C20H20O6/c1-24-17-6-10(3-4-15(17)21)19-12-8-16(22)18(25-2)7-11(12)5-13-14(19)9-26-20(13)23/h3-4,6-8,13-14,19,21-22H,5,9H2,1-2H3/t13?,14-,19-/m0/s1. The number of carbonyl (C=O) groups excluding carboxylic acids is 1. The summed E-state index contributed by atoms with van der Waals surface area (Å²) in [7, 11) is 2.99. The predicted molar refractivity (Wildman–Crippen MR) is 92.8 cm³/mol. The van der Waals surface area contributed by atoms with Crippen LogP contribution in [-0.2, 0) is 16.0 Å². The van der Waals surface area contributed by atoms with Gasteiger partial charge < -0.3 is 24.4 Å². The number of carbonyl (C=O) groups is 1. The summed E-state index contributed by atoms with van der Waals surface area (Å²) >= 11 is 0. The summed E-state index contributed by atoms with van der Waals surface area (Å²) in [6, 6.07) is 8.67. The van der Waals surface area contributed by atoms with Crippen LogP contribution in [0.2, 0.25) is 0 Å². The number of phenolic OH excluding ortho intramolecular Hbond substituents is 2. The zero-order valence-corrected chi connectivity index (χ0v) is 14.6. The molecule has 1 heterocycles. The van der Waals surface area contributed by atoms with Gasteiger partial charge in [-0.3, -0.25) is 4.79 Å². The zero-order chi connectivity index (χ0) is 18.4. The fourth-order valence-electron chi connectivity index (χ4n) is 4.18. The number of cyclic esters (lactones) is 1. The first-order valence-electron chi connectivity index (χ1n) is 8.46. The van der Waals surface area contributed by atoms with Crippen molar-refractivity contribution in [3.63, 3.8) is 0 Å². The van der Waals surface area contributed by atoms with Gasteiger partial charge in [0.25, 0.3) is 0 Å². The van der Waals surface area contributed by atoms with E-state index < -0.39 is 0 Å². The number of rotatable bonds is 3. The molecule has 0 radical (unpaired) electrons. The van der Waals surface area contributed by atoms with E-state index in [2.05, 4.69) is 0 Å². The lowest BCUT2D eigenvalue weighted by atomic mass is 9.67. The average molecular weight is 356 g/mol. The van der Waals surface area contributed by atoms with Gasteiger partial charge in [0.15, 0.2) is 23.0 Å². The number of aromatic hydroxyl groups is 2. The van der Waals surface area contributed by atoms with Crippen molar-refractivity contribution in [3.05, 3.63) is 47.0 Å². The molecule has 2 aromatic rings. The summed E-state index contributed by atoms with van der Waals surface area (Å²) in [5.41, 5.74) is 2.80. The largest absolute Gasteiger partial charge is 0.504 e. The van der Waals surface area contributed by atoms with Gasteiger partial charge >= 0.3 is 5.97 Å². The lowest BCUT2D eigenvalue weighted by molar-refractivity contribution is -0.141. The van der Waals surface area contributed by atoms with Crippen LogP contribution in [0.5, 0.6) is 23.0 Å². The number of ether oxygens (including phenoxy) is 3. The molecule has 2 N–H and O–H groups in total. The minimum Gasteiger partial charge on any atom is -0.504 e. The molecule has 0 amide bonds. The van der Waals surface area contributed by atoms with Crippen LogP contribution in [0, 0.1) is 11.8 Å². The molecule has 0 bridgehead atoms. The van der Waals surface area contributed by atoms with Gasteiger partial charge in [0.2, 0.25) is 0 Å². The van der Waals surface area contributed by atoms with E-state index in [1.54, 1.807) is 24.3 Å². The Morgan fingerprint density at radius 3 is 2.50 bits per heavy atom. The first-order chi connectivity index (χ1) is 12.5. The molecule has 4 rings (SSSR count). The van der Waals surface area contributed by atoms with Crippen molar-refractivity contribution in [1.82, 2.24) is 0 Å². The van der Waals surface area contributed by atoms with E-state index in [4.69, 9.17) is 14.2 Å². The van der Waals surface area contributed by atoms with Crippen LogP contribution < -0.4 is 9.47 Å². The highest BCUT2D eigenvalue weighted by atomic mass is 16.5. The molecule has 2 aliphatic rings. The zero-order valence-electron chi connectivity index (χ0n) is 14.6. The van der Waals surface area contributed by atoms with Crippen molar-refractivity contribution >= 4 is 5.97 Å². The lowest BCUT2D eigenvalue weighted by Gasteiger charge is -2.34. The number of benzene rings is 2. The first kappa shape index (κ1) is 16.6. The molecule has 136 valence electrons. The summed E-state index contributed by atoms with van der Waals surface area (Å²) in [5, 5.41) is 20.2. The molecule has 1 aliphatic carbocycles. The van der Waals surface area contributed by atoms with E-state index in [1.165, 1.54) is 14.2 Å². The van der Waals surface area contributed by atoms with Crippen LogP contribution in [-0.4, -0.2) is 37.0 Å². The van der Waals surface area contributed by atoms with Crippen molar-refractivity contribution in [3.8, 4) is 23.0 Å². The normalized spacial score (nSPS) is 23.8. The van der Waals surface area contributed by atoms with E-state index in [0.717, 1.165) is 16.7 Å². The monoisotopic (exact) mass is 356 g/mol. The van der Waals surface area contributed by atoms with E-state index >= 15 is 0 Å².